The molecule has 0 spiro atoms. The summed E-state index contributed by atoms with van der Waals surface area (Å²) in [5.74, 6) is -1.29. The Morgan fingerprint density at radius 2 is 1.67 bits per heavy atom. The van der Waals surface area contributed by atoms with Crippen molar-refractivity contribution in [1.29, 1.82) is 0 Å². The summed E-state index contributed by atoms with van der Waals surface area (Å²) in [5.41, 5.74) is 6.49. The van der Waals surface area contributed by atoms with Crippen LogP contribution in [-0.2, 0) is 0 Å². The Balaban J connectivity index is 2.49. The van der Waals surface area contributed by atoms with Crippen molar-refractivity contribution in [2.24, 2.45) is 5.73 Å². The van der Waals surface area contributed by atoms with Gasteiger partial charge < -0.3 is 5.73 Å². The van der Waals surface area contributed by atoms with Gasteiger partial charge in [0.25, 0.3) is 0 Å². The van der Waals surface area contributed by atoms with E-state index in [1.54, 1.807) is 12.1 Å². The molecular weight excluding hydrogens is 415 g/mol. The molecule has 0 radical (unpaired) electrons. The Morgan fingerprint density at radius 1 is 1.06 bits per heavy atom. The zero-order valence-corrected chi connectivity index (χ0v) is 12.9. The summed E-state index contributed by atoms with van der Waals surface area (Å²) in [6, 6.07) is 8.95. The van der Waals surface area contributed by atoms with E-state index in [0.29, 0.717) is 5.56 Å². The van der Waals surface area contributed by atoms with E-state index in [4.69, 9.17) is 5.73 Å². The minimum absolute atomic E-state index is 0.120. The van der Waals surface area contributed by atoms with E-state index in [0.717, 1.165) is 3.57 Å². The van der Waals surface area contributed by atoms with Crippen molar-refractivity contribution in [3.05, 3.63) is 67.2 Å². The highest BCUT2D eigenvalue weighted by Crippen LogP contribution is 2.29. The van der Waals surface area contributed by atoms with Gasteiger partial charge in [0.15, 0.2) is 0 Å². The Morgan fingerprint density at radius 3 is 2.28 bits per heavy atom. The highest BCUT2D eigenvalue weighted by Gasteiger charge is 2.20. The van der Waals surface area contributed by atoms with Crippen LogP contribution in [0.2, 0.25) is 0 Å². The van der Waals surface area contributed by atoms with E-state index in [1.165, 1.54) is 12.1 Å². The molecule has 1 unspecified atom stereocenters. The summed E-state index contributed by atoms with van der Waals surface area (Å²) in [5, 5.41) is 0. The molecule has 0 aliphatic rings. The van der Waals surface area contributed by atoms with E-state index in [1.807, 2.05) is 12.1 Å². The topological polar surface area (TPSA) is 26.0 Å². The second kappa shape index (κ2) is 5.63. The fourth-order valence-corrected chi connectivity index (χ4v) is 2.37. The van der Waals surface area contributed by atoms with Gasteiger partial charge in [-0.05, 0) is 68.3 Å². The molecule has 1 atom stereocenters. The third kappa shape index (κ3) is 2.73. The minimum Gasteiger partial charge on any atom is -0.320 e. The molecule has 0 saturated heterocycles. The van der Waals surface area contributed by atoms with Crippen LogP contribution in [0.25, 0.3) is 0 Å². The molecule has 0 aliphatic heterocycles. The monoisotopic (exact) mass is 423 g/mol. The maximum Gasteiger partial charge on any atom is 0.145 e. The first-order valence-electron chi connectivity index (χ1n) is 5.15. The van der Waals surface area contributed by atoms with E-state index in [2.05, 4.69) is 38.5 Å². The standard InChI is InChI=1S/C13H9BrF2IN/c14-9-5-6-10(15)11(12(9)16)13(18)7-1-3-8(17)4-2-7/h1-6,13H,18H2. The van der Waals surface area contributed by atoms with Crippen LogP contribution in [0, 0.1) is 15.2 Å². The molecule has 2 aromatic rings. The predicted octanol–water partition coefficient (Wildman–Crippen LogP) is 4.38. The smallest absolute Gasteiger partial charge is 0.145 e. The maximum absolute atomic E-state index is 13.9. The largest absolute Gasteiger partial charge is 0.320 e. The Bertz CT molecular complexity index is 572. The molecule has 0 aliphatic carbocycles. The first-order chi connectivity index (χ1) is 8.50. The molecule has 2 rings (SSSR count). The summed E-state index contributed by atoms with van der Waals surface area (Å²) in [4.78, 5) is 0. The first kappa shape index (κ1) is 13.9. The van der Waals surface area contributed by atoms with Crippen molar-refractivity contribution in [3.63, 3.8) is 0 Å². The van der Waals surface area contributed by atoms with Crippen molar-refractivity contribution < 1.29 is 8.78 Å². The van der Waals surface area contributed by atoms with Crippen LogP contribution in [0.1, 0.15) is 17.2 Å². The zero-order valence-electron chi connectivity index (χ0n) is 9.13. The summed E-state index contributed by atoms with van der Waals surface area (Å²) < 4.78 is 28.9. The Labute approximate surface area is 126 Å². The zero-order chi connectivity index (χ0) is 13.3. The normalized spacial score (nSPS) is 12.5. The number of nitrogens with two attached hydrogens (primary N) is 1. The van der Waals surface area contributed by atoms with Crippen LogP contribution >= 0.6 is 38.5 Å². The molecule has 0 amide bonds. The molecule has 0 aromatic heterocycles. The summed E-state index contributed by atoms with van der Waals surface area (Å²) in [7, 11) is 0. The van der Waals surface area contributed by atoms with Gasteiger partial charge in [0, 0.05) is 9.13 Å². The van der Waals surface area contributed by atoms with Crippen LogP contribution in [0.4, 0.5) is 8.78 Å². The van der Waals surface area contributed by atoms with E-state index >= 15 is 0 Å². The second-order valence-corrected chi connectivity index (χ2v) is 5.89. The molecule has 1 nitrogen and oxygen atoms in total. The van der Waals surface area contributed by atoms with Crippen molar-refractivity contribution in [2.75, 3.05) is 0 Å². The fraction of sp³-hybridized carbons (Fsp3) is 0.0769. The average molecular weight is 424 g/mol. The molecule has 5 heteroatoms. The van der Waals surface area contributed by atoms with Gasteiger partial charge in [-0.25, -0.2) is 8.78 Å². The summed E-state index contributed by atoms with van der Waals surface area (Å²) in [6.07, 6.45) is 0. The van der Waals surface area contributed by atoms with Crippen LogP contribution in [0.5, 0.6) is 0 Å². The molecule has 0 fully saturated rings. The highest BCUT2D eigenvalue weighted by atomic mass is 127. The van der Waals surface area contributed by atoms with Crippen LogP contribution < -0.4 is 5.73 Å². The van der Waals surface area contributed by atoms with Gasteiger partial charge in [-0.1, -0.05) is 12.1 Å². The lowest BCUT2D eigenvalue weighted by atomic mass is 9.99. The second-order valence-electron chi connectivity index (χ2n) is 3.79. The molecule has 94 valence electrons. The van der Waals surface area contributed by atoms with Crippen molar-refractivity contribution in [3.8, 4) is 0 Å². The van der Waals surface area contributed by atoms with Crippen molar-refractivity contribution in [1.82, 2.24) is 0 Å². The van der Waals surface area contributed by atoms with Gasteiger partial charge in [-0.2, -0.15) is 0 Å². The summed E-state index contributed by atoms with van der Waals surface area (Å²) >= 11 is 5.19. The van der Waals surface area contributed by atoms with E-state index in [9.17, 15) is 8.78 Å². The molecule has 0 saturated carbocycles. The number of hydrogen-bond acceptors (Lipinski definition) is 1. The number of rotatable bonds is 2. The molecule has 0 bridgehead atoms. The molecule has 0 heterocycles. The lowest BCUT2D eigenvalue weighted by Crippen LogP contribution is -2.16. The average Bonchev–Trinajstić information content (AvgIpc) is 2.35. The third-order valence-corrected chi connectivity index (χ3v) is 3.95. The van der Waals surface area contributed by atoms with Crippen LogP contribution in [0.15, 0.2) is 40.9 Å². The Kier molecular flexibility index (Phi) is 4.34. The van der Waals surface area contributed by atoms with Gasteiger partial charge >= 0.3 is 0 Å². The van der Waals surface area contributed by atoms with Gasteiger partial charge in [0.2, 0.25) is 0 Å². The van der Waals surface area contributed by atoms with Gasteiger partial charge in [-0.15, -0.1) is 0 Å². The van der Waals surface area contributed by atoms with Crippen molar-refractivity contribution in [2.45, 2.75) is 6.04 Å². The molecular formula is C13H9BrF2IN. The van der Waals surface area contributed by atoms with E-state index in [-0.39, 0.29) is 10.0 Å². The predicted molar refractivity (Wildman–Crippen MR) is 79.2 cm³/mol. The summed E-state index contributed by atoms with van der Waals surface area (Å²) in [6.45, 7) is 0. The van der Waals surface area contributed by atoms with Crippen LogP contribution in [0.3, 0.4) is 0 Å². The lowest BCUT2D eigenvalue weighted by molar-refractivity contribution is 0.539. The first-order valence-corrected chi connectivity index (χ1v) is 7.02. The molecule has 2 aromatic carbocycles. The number of benzene rings is 2. The van der Waals surface area contributed by atoms with E-state index < -0.39 is 17.7 Å². The molecule has 2 N–H and O–H groups in total. The number of hydrogen-bond donors (Lipinski definition) is 1. The van der Waals surface area contributed by atoms with Crippen LogP contribution in [-0.4, -0.2) is 0 Å². The van der Waals surface area contributed by atoms with Crippen molar-refractivity contribution >= 4 is 38.5 Å². The highest BCUT2D eigenvalue weighted by molar-refractivity contribution is 14.1. The van der Waals surface area contributed by atoms with Gasteiger partial charge in [0.05, 0.1) is 10.5 Å². The molecule has 18 heavy (non-hydrogen) atoms. The van der Waals surface area contributed by atoms with Gasteiger partial charge in [-0.3, -0.25) is 0 Å². The third-order valence-electron chi connectivity index (χ3n) is 2.62. The lowest BCUT2D eigenvalue weighted by Gasteiger charge is -2.15. The maximum atomic E-state index is 13.9. The SMILES string of the molecule is NC(c1ccc(I)cc1)c1c(F)ccc(Br)c1F. The fourth-order valence-electron chi connectivity index (χ4n) is 1.66. The van der Waals surface area contributed by atoms with Gasteiger partial charge in [0.1, 0.15) is 11.6 Å². The Hall–Kier alpha value is -0.530. The number of halogens is 4. The minimum atomic E-state index is -0.820. The quantitative estimate of drug-likeness (QED) is 0.563.